The van der Waals surface area contributed by atoms with Crippen LogP contribution in [0.4, 0.5) is 0 Å². The molecule has 0 atom stereocenters. The zero-order valence-electron chi connectivity index (χ0n) is 5.22. The molecule has 2 radical (unpaired) electrons. The van der Waals surface area contributed by atoms with Gasteiger partial charge in [0.25, 0.3) is 0 Å². The fourth-order valence-electron chi connectivity index (χ4n) is 0.419. The second-order valence-corrected chi connectivity index (χ2v) is 4.98. The molecule has 3 nitrogen and oxygen atoms in total. The van der Waals surface area contributed by atoms with E-state index in [1.54, 1.807) is 0 Å². The van der Waals surface area contributed by atoms with Gasteiger partial charge < -0.3 is 0 Å². The molecule has 0 rings (SSSR count). The van der Waals surface area contributed by atoms with Crippen LogP contribution < -0.4 is 0 Å². The predicted octanol–water partition coefficient (Wildman–Crippen LogP) is 1.54. The van der Waals surface area contributed by atoms with Gasteiger partial charge in [0.05, 0.1) is 14.0 Å². The fraction of sp³-hybridized carbons (Fsp3) is 1.00. The fourth-order valence-corrected chi connectivity index (χ4v) is 1.65. The van der Waals surface area contributed by atoms with Crippen molar-refractivity contribution >= 4 is 32.7 Å². The predicted molar refractivity (Wildman–Crippen MR) is 42.5 cm³/mol. The number of nitro groups is 1. The number of alkyl halides is 2. The molecule has 0 N–H and O–H groups in total. The van der Waals surface area contributed by atoms with Crippen LogP contribution in [0.15, 0.2) is 0 Å². The smallest absolute Gasteiger partial charge is 0.203 e. The molecule has 0 aromatic carbocycles. The highest BCUT2D eigenvalue weighted by Crippen LogP contribution is 2.02. The van der Waals surface area contributed by atoms with E-state index in [-0.39, 0.29) is 15.9 Å². The number of rotatable bonds is 5. The summed E-state index contributed by atoms with van der Waals surface area (Å²) in [4.78, 5) is 9.46. The number of halogens is 2. The Bertz CT molecular complexity index is 111. The molecule has 0 aliphatic heterocycles. The zero-order chi connectivity index (χ0) is 7.98. The average molecular weight is 200 g/mol. The molecule has 0 spiro atoms. The van der Waals surface area contributed by atoms with Gasteiger partial charge in [0.15, 0.2) is 0 Å². The molecule has 0 unspecified atom stereocenters. The molecule has 0 amide bonds. The summed E-state index contributed by atoms with van der Waals surface area (Å²) in [5.74, 6) is 0. The van der Waals surface area contributed by atoms with Crippen molar-refractivity contribution in [2.24, 2.45) is 0 Å². The molecular formula is C4H7Cl2NO2Si. The van der Waals surface area contributed by atoms with Gasteiger partial charge in [0.1, 0.15) is 0 Å². The van der Waals surface area contributed by atoms with Gasteiger partial charge in [-0.1, -0.05) is 6.04 Å². The average Bonchev–Trinajstić information content (AvgIpc) is 1.79. The molecule has 58 valence electrons. The van der Waals surface area contributed by atoms with E-state index < -0.39 is 0 Å². The van der Waals surface area contributed by atoms with Crippen LogP contribution in [0.1, 0.15) is 6.42 Å². The zero-order valence-corrected chi connectivity index (χ0v) is 7.73. The topological polar surface area (TPSA) is 43.1 Å². The van der Waals surface area contributed by atoms with E-state index in [1.165, 1.54) is 0 Å². The minimum absolute atomic E-state index is 0.0213. The van der Waals surface area contributed by atoms with E-state index in [9.17, 15) is 10.1 Å². The molecule has 0 fully saturated rings. The van der Waals surface area contributed by atoms with Crippen LogP contribution >= 0.6 is 23.2 Å². The molecule has 0 heterocycles. The molecule has 10 heavy (non-hydrogen) atoms. The minimum atomic E-state index is -0.355. The lowest BCUT2D eigenvalue weighted by Gasteiger charge is -1.95. The Morgan fingerprint density at radius 3 is 2.60 bits per heavy atom. The summed E-state index contributed by atoms with van der Waals surface area (Å²) in [5.41, 5.74) is 0. The van der Waals surface area contributed by atoms with Crippen molar-refractivity contribution in [2.75, 3.05) is 6.54 Å². The lowest BCUT2D eigenvalue weighted by molar-refractivity contribution is -0.479. The first kappa shape index (κ1) is 10.2. The molecule has 0 saturated heterocycles. The van der Waals surface area contributed by atoms with Crippen molar-refractivity contribution in [3.63, 3.8) is 0 Å². The summed E-state index contributed by atoms with van der Waals surface area (Å²) in [6.07, 6.45) is 0.571. The first-order chi connectivity index (χ1) is 4.63. The van der Waals surface area contributed by atoms with E-state index in [1.807, 2.05) is 0 Å². The van der Waals surface area contributed by atoms with E-state index in [4.69, 9.17) is 23.2 Å². The Balaban J connectivity index is 2.98. The summed E-state index contributed by atoms with van der Waals surface area (Å²) >= 11 is 10.8. The van der Waals surface area contributed by atoms with Crippen LogP contribution in [-0.2, 0) is 0 Å². The van der Waals surface area contributed by atoms with Crippen molar-refractivity contribution in [3.05, 3.63) is 10.1 Å². The second kappa shape index (κ2) is 5.94. The molecule has 0 saturated carbocycles. The summed E-state index contributed by atoms with van der Waals surface area (Å²) in [6.45, 7) is 0.0213. The summed E-state index contributed by atoms with van der Waals surface area (Å²) < 4.78 is -0.355. The molecule has 6 heteroatoms. The minimum Gasteiger partial charge on any atom is -0.265 e. The Labute approximate surface area is 71.7 Å². The molecule has 0 aromatic rings. The number of hydrogen-bond acceptors (Lipinski definition) is 2. The molecule has 0 aromatic heterocycles. The third-order valence-corrected chi connectivity index (χ3v) is 2.69. The maximum Gasteiger partial charge on any atom is 0.203 e. The normalized spacial score (nSPS) is 10.3. The van der Waals surface area contributed by atoms with Crippen LogP contribution in [-0.4, -0.2) is 25.4 Å². The number of nitrogens with zero attached hydrogens (tertiary/aromatic N) is 1. The summed E-state index contributed by atoms with van der Waals surface area (Å²) in [5, 5.41) is 9.79. The second-order valence-electron chi connectivity index (χ2n) is 1.66. The highest BCUT2D eigenvalue weighted by Gasteiger charge is 2.02. The van der Waals surface area contributed by atoms with Gasteiger partial charge in [-0.15, -0.1) is 23.2 Å². The van der Waals surface area contributed by atoms with Crippen LogP contribution in [0, 0.1) is 10.1 Å². The van der Waals surface area contributed by atoms with E-state index in [0.717, 1.165) is 6.04 Å². The van der Waals surface area contributed by atoms with Gasteiger partial charge >= 0.3 is 0 Å². The maximum absolute atomic E-state index is 9.79. The van der Waals surface area contributed by atoms with Gasteiger partial charge in [0.2, 0.25) is 6.54 Å². The van der Waals surface area contributed by atoms with E-state index >= 15 is 0 Å². The van der Waals surface area contributed by atoms with Gasteiger partial charge in [-0.2, -0.15) is 0 Å². The van der Waals surface area contributed by atoms with E-state index in [2.05, 4.69) is 0 Å². The van der Waals surface area contributed by atoms with Crippen molar-refractivity contribution in [3.8, 4) is 0 Å². The Hall–Kier alpha value is 0.197. The Kier molecular flexibility index (Phi) is 6.06. The quantitative estimate of drug-likeness (QED) is 0.222. The van der Waals surface area contributed by atoms with Gasteiger partial charge in [-0.3, -0.25) is 10.1 Å². The SMILES string of the molecule is O=[N+]([O-])CCC[Si]C(Cl)Cl. The molecule has 0 aliphatic rings. The van der Waals surface area contributed by atoms with Crippen LogP contribution in [0.25, 0.3) is 0 Å². The third-order valence-electron chi connectivity index (χ3n) is 0.816. The van der Waals surface area contributed by atoms with Crippen molar-refractivity contribution < 1.29 is 4.92 Å². The lowest BCUT2D eigenvalue weighted by atomic mass is 10.5. The van der Waals surface area contributed by atoms with Gasteiger partial charge in [-0.05, 0) is 0 Å². The lowest BCUT2D eigenvalue weighted by Crippen LogP contribution is -2.05. The van der Waals surface area contributed by atoms with Crippen LogP contribution in [0.2, 0.25) is 6.04 Å². The van der Waals surface area contributed by atoms with Crippen LogP contribution in [0.3, 0.4) is 0 Å². The van der Waals surface area contributed by atoms with Crippen molar-refractivity contribution in [2.45, 2.75) is 16.9 Å². The first-order valence-corrected chi connectivity index (χ1v) is 4.92. The monoisotopic (exact) mass is 199 g/mol. The molecular weight excluding hydrogens is 193 g/mol. The molecule has 0 aliphatic carbocycles. The number of hydrogen-bond donors (Lipinski definition) is 0. The van der Waals surface area contributed by atoms with Crippen molar-refractivity contribution in [1.29, 1.82) is 0 Å². The third kappa shape index (κ3) is 8.20. The first-order valence-electron chi connectivity index (χ1n) is 2.76. The van der Waals surface area contributed by atoms with Gasteiger partial charge in [0, 0.05) is 11.3 Å². The molecule has 0 bridgehead atoms. The van der Waals surface area contributed by atoms with Crippen molar-refractivity contribution in [1.82, 2.24) is 0 Å². The summed E-state index contributed by atoms with van der Waals surface area (Å²) in [7, 11) is 0.415. The Morgan fingerprint density at radius 1 is 1.60 bits per heavy atom. The maximum atomic E-state index is 9.79. The summed E-state index contributed by atoms with van der Waals surface area (Å²) in [6, 6.07) is 0.749. The van der Waals surface area contributed by atoms with E-state index in [0.29, 0.717) is 15.9 Å². The highest BCUT2D eigenvalue weighted by molar-refractivity contribution is 6.68. The van der Waals surface area contributed by atoms with Crippen LogP contribution in [0.5, 0.6) is 0 Å². The Morgan fingerprint density at radius 2 is 2.20 bits per heavy atom. The standard InChI is InChI=1S/C4H7Cl2NO2Si/c5-4(6)10-3-1-2-7(8)9/h4H,1-3H2. The largest absolute Gasteiger partial charge is 0.265 e. The highest BCUT2D eigenvalue weighted by atomic mass is 35.5. The van der Waals surface area contributed by atoms with Gasteiger partial charge in [-0.25, -0.2) is 0 Å².